The third-order valence-electron chi connectivity index (χ3n) is 3.84. The van der Waals surface area contributed by atoms with Crippen molar-refractivity contribution in [2.24, 2.45) is 11.7 Å². The SMILES string of the molecule is NC(=O)NC(=O)CCN(CC1CCCNC1)C1CC1. The minimum Gasteiger partial charge on any atom is -0.351 e. The molecule has 2 rings (SSSR count). The standard InChI is InChI=1S/C13H24N4O2/c14-13(19)16-12(18)5-7-17(11-3-4-11)9-10-2-1-6-15-8-10/h10-11,15H,1-9H2,(H3,14,16,18,19). The fourth-order valence-electron chi connectivity index (χ4n) is 2.72. The number of hydrogen-bond donors (Lipinski definition) is 3. The molecule has 0 aromatic heterocycles. The topological polar surface area (TPSA) is 87.5 Å². The average Bonchev–Trinajstić information content (AvgIpc) is 3.19. The number of hydrogen-bond acceptors (Lipinski definition) is 4. The third-order valence-corrected chi connectivity index (χ3v) is 3.84. The Morgan fingerprint density at radius 2 is 2.11 bits per heavy atom. The van der Waals surface area contributed by atoms with Crippen LogP contribution >= 0.6 is 0 Å². The van der Waals surface area contributed by atoms with Gasteiger partial charge in [-0.1, -0.05) is 0 Å². The molecular weight excluding hydrogens is 244 g/mol. The number of nitrogens with zero attached hydrogens (tertiary/aromatic N) is 1. The first-order valence-corrected chi connectivity index (χ1v) is 7.19. The molecule has 19 heavy (non-hydrogen) atoms. The highest BCUT2D eigenvalue weighted by Gasteiger charge is 2.31. The zero-order valence-electron chi connectivity index (χ0n) is 11.4. The number of carbonyl (C=O) groups excluding carboxylic acids is 2. The van der Waals surface area contributed by atoms with Crippen molar-refractivity contribution in [1.29, 1.82) is 0 Å². The van der Waals surface area contributed by atoms with E-state index in [1.165, 1.54) is 25.7 Å². The van der Waals surface area contributed by atoms with Gasteiger partial charge in [-0.15, -0.1) is 0 Å². The molecule has 0 aromatic carbocycles. The molecule has 6 heteroatoms. The summed E-state index contributed by atoms with van der Waals surface area (Å²) < 4.78 is 0. The quantitative estimate of drug-likeness (QED) is 0.634. The second-order valence-corrected chi connectivity index (χ2v) is 5.60. The summed E-state index contributed by atoms with van der Waals surface area (Å²) in [5.74, 6) is 0.411. The highest BCUT2D eigenvalue weighted by Crippen LogP contribution is 2.28. The summed E-state index contributed by atoms with van der Waals surface area (Å²) in [6.45, 7) is 3.99. The number of urea groups is 1. The Morgan fingerprint density at radius 3 is 2.68 bits per heavy atom. The lowest BCUT2D eigenvalue weighted by Crippen LogP contribution is -2.41. The van der Waals surface area contributed by atoms with Crippen LogP contribution in [-0.2, 0) is 4.79 Å². The van der Waals surface area contributed by atoms with Crippen molar-refractivity contribution in [1.82, 2.24) is 15.5 Å². The molecular formula is C13H24N4O2. The first-order chi connectivity index (χ1) is 9.15. The Hall–Kier alpha value is -1.14. The molecule has 2 fully saturated rings. The molecule has 1 saturated heterocycles. The van der Waals surface area contributed by atoms with Crippen LogP contribution in [0.4, 0.5) is 4.79 Å². The lowest BCUT2D eigenvalue weighted by molar-refractivity contribution is -0.120. The molecule has 4 N–H and O–H groups in total. The molecule has 1 unspecified atom stereocenters. The van der Waals surface area contributed by atoms with Gasteiger partial charge in [0.1, 0.15) is 0 Å². The van der Waals surface area contributed by atoms with Gasteiger partial charge >= 0.3 is 6.03 Å². The van der Waals surface area contributed by atoms with E-state index in [0.29, 0.717) is 18.4 Å². The molecule has 0 bridgehead atoms. The summed E-state index contributed by atoms with van der Waals surface area (Å²) in [5, 5.41) is 5.55. The van der Waals surface area contributed by atoms with Crippen molar-refractivity contribution < 1.29 is 9.59 Å². The summed E-state index contributed by atoms with van der Waals surface area (Å²) in [5.41, 5.74) is 4.93. The largest absolute Gasteiger partial charge is 0.351 e. The zero-order valence-corrected chi connectivity index (χ0v) is 11.4. The number of rotatable bonds is 6. The van der Waals surface area contributed by atoms with E-state index in [4.69, 9.17) is 5.73 Å². The molecule has 6 nitrogen and oxygen atoms in total. The second-order valence-electron chi connectivity index (χ2n) is 5.60. The molecule has 0 spiro atoms. The van der Waals surface area contributed by atoms with E-state index in [1.807, 2.05) is 0 Å². The van der Waals surface area contributed by atoms with E-state index in [9.17, 15) is 9.59 Å². The smallest absolute Gasteiger partial charge is 0.318 e. The van der Waals surface area contributed by atoms with Gasteiger partial charge in [-0.2, -0.15) is 0 Å². The van der Waals surface area contributed by atoms with E-state index < -0.39 is 6.03 Å². The molecule has 3 amide bonds. The zero-order chi connectivity index (χ0) is 13.7. The van der Waals surface area contributed by atoms with Crippen LogP contribution in [0.25, 0.3) is 0 Å². The minimum atomic E-state index is -0.764. The maximum Gasteiger partial charge on any atom is 0.318 e. The maximum atomic E-state index is 11.4. The van der Waals surface area contributed by atoms with Crippen LogP contribution < -0.4 is 16.4 Å². The number of imide groups is 1. The fourth-order valence-corrected chi connectivity index (χ4v) is 2.72. The Morgan fingerprint density at radius 1 is 1.32 bits per heavy atom. The number of nitrogens with two attached hydrogens (primary N) is 1. The summed E-state index contributed by atoms with van der Waals surface area (Å²) in [6, 6.07) is -0.122. The Kier molecular flexibility index (Phi) is 5.15. The van der Waals surface area contributed by atoms with Gasteiger partial charge in [0.2, 0.25) is 5.91 Å². The first kappa shape index (κ1) is 14.3. The van der Waals surface area contributed by atoms with Gasteiger partial charge in [0.05, 0.1) is 0 Å². The van der Waals surface area contributed by atoms with E-state index in [1.54, 1.807) is 0 Å². The number of primary amides is 1. The average molecular weight is 268 g/mol. The third kappa shape index (κ3) is 5.16. The van der Waals surface area contributed by atoms with Crippen LogP contribution in [0.5, 0.6) is 0 Å². The minimum absolute atomic E-state index is 0.278. The molecule has 0 radical (unpaired) electrons. The number of piperidine rings is 1. The van der Waals surface area contributed by atoms with Crippen LogP contribution in [0.2, 0.25) is 0 Å². The van der Waals surface area contributed by atoms with Crippen LogP contribution in [0.3, 0.4) is 0 Å². The Labute approximate surface area is 114 Å². The van der Waals surface area contributed by atoms with E-state index in [-0.39, 0.29) is 5.91 Å². The number of amides is 3. The van der Waals surface area contributed by atoms with Crippen molar-refractivity contribution in [2.45, 2.75) is 38.1 Å². The summed E-state index contributed by atoms with van der Waals surface area (Å²) in [7, 11) is 0. The summed E-state index contributed by atoms with van der Waals surface area (Å²) in [6.07, 6.45) is 5.32. The van der Waals surface area contributed by atoms with Crippen molar-refractivity contribution >= 4 is 11.9 Å². The van der Waals surface area contributed by atoms with Crippen LogP contribution in [0, 0.1) is 5.92 Å². The highest BCUT2D eigenvalue weighted by molar-refractivity contribution is 5.93. The molecule has 1 saturated carbocycles. The van der Waals surface area contributed by atoms with Gasteiger partial charge in [0.15, 0.2) is 0 Å². The monoisotopic (exact) mass is 268 g/mol. The van der Waals surface area contributed by atoms with Gasteiger partial charge in [0.25, 0.3) is 0 Å². The summed E-state index contributed by atoms with van der Waals surface area (Å²) >= 11 is 0. The van der Waals surface area contributed by atoms with Gasteiger partial charge in [-0.25, -0.2) is 4.79 Å². The molecule has 1 heterocycles. The fraction of sp³-hybridized carbons (Fsp3) is 0.846. The van der Waals surface area contributed by atoms with Crippen molar-refractivity contribution in [3.8, 4) is 0 Å². The van der Waals surface area contributed by atoms with Crippen molar-refractivity contribution in [2.75, 3.05) is 26.2 Å². The van der Waals surface area contributed by atoms with E-state index in [2.05, 4.69) is 15.5 Å². The molecule has 0 aromatic rings. The molecule has 1 atom stereocenters. The Bertz CT molecular complexity index is 325. The van der Waals surface area contributed by atoms with Crippen LogP contribution in [0.1, 0.15) is 32.1 Å². The van der Waals surface area contributed by atoms with Crippen molar-refractivity contribution in [3.63, 3.8) is 0 Å². The van der Waals surface area contributed by atoms with Crippen LogP contribution in [0.15, 0.2) is 0 Å². The Balaban J connectivity index is 1.73. The normalized spacial score (nSPS) is 23.3. The van der Waals surface area contributed by atoms with Gasteiger partial charge in [-0.05, 0) is 44.7 Å². The summed E-state index contributed by atoms with van der Waals surface area (Å²) in [4.78, 5) is 24.4. The predicted molar refractivity (Wildman–Crippen MR) is 72.5 cm³/mol. The maximum absolute atomic E-state index is 11.4. The lowest BCUT2D eigenvalue weighted by Gasteiger charge is -2.30. The predicted octanol–water partition coefficient (Wildman–Crippen LogP) is 0.0354. The van der Waals surface area contributed by atoms with Gasteiger partial charge in [-0.3, -0.25) is 15.0 Å². The molecule has 1 aliphatic carbocycles. The van der Waals surface area contributed by atoms with Crippen LogP contribution in [-0.4, -0.2) is 49.1 Å². The molecule has 2 aliphatic rings. The first-order valence-electron chi connectivity index (χ1n) is 7.19. The van der Waals surface area contributed by atoms with E-state index >= 15 is 0 Å². The highest BCUT2D eigenvalue weighted by atomic mass is 16.2. The van der Waals surface area contributed by atoms with Gasteiger partial charge in [0, 0.05) is 25.6 Å². The van der Waals surface area contributed by atoms with Crippen molar-refractivity contribution in [3.05, 3.63) is 0 Å². The lowest BCUT2D eigenvalue weighted by atomic mass is 9.99. The number of nitrogens with one attached hydrogen (secondary N) is 2. The molecule has 1 aliphatic heterocycles. The second kappa shape index (κ2) is 6.86. The van der Waals surface area contributed by atoms with E-state index in [0.717, 1.165) is 26.2 Å². The van der Waals surface area contributed by atoms with Gasteiger partial charge < -0.3 is 11.1 Å². The molecule has 108 valence electrons. The number of carbonyl (C=O) groups is 2.